The number of carboxylic acids is 1. The molecule has 1 aliphatic rings. The lowest BCUT2D eigenvalue weighted by molar-refractivity contribution is -0.148. The van der Waals surface area contributed by atoms with Crippen LogP contribution in [-0.2, 0) is 25.6 Å². The van der Waals surface area contributed by atoms with E-state index in [4.69, 9.17) is 14.6 Å². The first-order chi connectivity index (χ1) is 9.65. The first kappa shape index (κ1) is 14.4. The molecule has 2 heterocycles. The van der Waals surface area contributed by atoms with Gasteiger partial charge in [0, 0.05) is 6.61 Å². The number of carbonyl (C=O) groups is 2. The van der Waals surface area contributed by atoms with E-state index in [9.17, 15) is 9.59 Å². The van der Waals surface area contributed by atoms with Crippen LogP contribution in [-0.4, -0.2) is 63.9 Å². The number of nitrogens with zero attached hydrogens (tertiary/aromatic N) is 3. The first-order valence-electron chi connectivity index (χ1n) is 6.20. The van der Waals surface area contributed by atoms with Gasteiger partial charge in [0.15, 0.2) is 0 Å². The maximum absolute atomic E-state index is 11.8. The lowest BCUT2D eigenvalue weighted by atomic mass is 10.1. The van der Waals surface area contributed by atoms with Crippen molar-refractivity contribution >= 4 is 11.9 Å². The molecule has 1 aromatic rings. The molecule has 1 fully saturated rings. The fourth-order valence-electron chi connectivity index (χ4n) is 1.94. The van der Waals surface area contributed by atoms with Crippen molar-refractivity contribution in [3.8, 4) is 0 Å². The second-order valence-electron chi connectivity index (χ2n) is 4.34. The standard InChI is InChI=1S/C11H16N4O5/c16-10(5-15-12-2-3-13-15)14-8-6-19-4-1-9(8)20-7-11(17)18/h2-3,8-9H,1,4-7H2,(H,14,16)(H,17,18)/t8-,9+/m1/s1. The molecule has 110 valence electrons. The Morgan fingerprint density at radius 3 is 2.90 bits per heavy atom. The van der Waals surface area contributed by atoms with Gasteiger partial charge in [-0.1, -0.05) is 0 Å². The quantitative estimate of drug-likeness (QED) is 0.663. The summed E-state index contributed by atoms with van der Waals surface area (Å²) < 4.78 is 10.5. The van der Waals surface area contributed by atoms with Gasteiger partial charge in [-0.05, 0) is 6.42 Å². The molecular formula is C11H16N4O5. The molecule has 0 saturated carbocycles. The van der Waals surface area contributed by atoms with Gasteiger partial charge < -0.3 is 19.9 Å². The highest BCUT2D eigenvalue weighted by molar-refractivity contribution is 5.76. The number of ether oxygens (including phenoxy) is 2. The van der Waals surface area contributed by atoms with E-state index in [-0.39, 0.29) is 24.6 Å². The Bertz CT molecular complexity index is 450. The zero-order valence-corrected chi connectivity index (χ0v) is 10.8. The van der Waals surface area contributed by atoms with Crippen molar-refractivity contribution in [2.75, 3.05) is 19.8 Å². The molecule has 0 unspecified atom stereocenters. The maximum atomic E-state index is 11.8. The Kier molecular flexibility index (Phi) is 5.02. The summed E-state index contributed by atoms with van der Waals surface area (Å²) in [5.41, 5.74) is 0. The average molecular weight is 284 g/mol. The first-order valence-corrected chi connectivity index (χ1v) is 6.20. The van der Waals surface area contributed by atoms with E-state index < -0.39 is 12.6 Å². The van der Waals surface area contributed by atoms with E-state index in [1.165, 1.54) is 17.2 Å². The highest BCUT2D eigenvalue weighted by Crippen LogP contribution is 2.12. The van der Waals surface area contributed by atoms with E-state index in [0.717, 1.165) is 0 Å². The SMILES string of the molecule is O=C(O)CO[C@H]1CCOC[C@H]1NC(=O)Cn1nccn1. The molecule has 0 radical (unpaired) electrons. The number of hydrogen-bond donors (Lipinski definition) is 2. The highest BCUT2D eigenvalue weighted by Gasteiger charge is 2.28. The molecule has 2 N–H and O–H groups in total. The number of aliphatic carboxylic acids is 1. The summed E-state index contributed by atoms with van der Waals surface area (Å²) in [4.78, 5) is 23.6. The van der Waals surface area contributed by atoms with Crippen LogP contribution in [0.25, 0.3) is 0 Å². The van der Waals surface area contributed by atoms with Gasteiger partial charge in [0.25, 0.3) is 0 Å². The van der Waals surface area contributed by atoms with Gasteiger partial charge in [-0.25, -0.2) is 4.79 Å². The van der Waals surface area contributed by atoms with E-state index in [1.54, 1.807) is 0 Å². The van der Waals surface area contributed by atoms with Gasteiger partial charge in [0.2, 0.25) is 5.91 Å². The summed E-state index contributed by atoms with van der Waals surface area (Å²) in [6.45, 7) is 0.382. The summed E-state index contributed by atoms with van der Waals surface area (Å²) in [7, 11) is 0. The molecule has 9 heteroatoms. The Morgan fingerprint density at radius 1 is 1.45 bits per heavy atom. The molecular weight excluding hydrogens is 268 g/mol. The molecule has 1 amide bonds. The van der Waals surface area contributed by atoms with Crippen molar-refractivity contribution in [1.82, 2.24) is 20.3 Å². The lowest BCUT2D eigenvalue weighted by Gasteiger charge is -2.31. The van der Waals surface area contributed by atoms with Crippen LogP contribution < -0.4 is 5.32 Å². The van der Waals surface area contributed by atoms with Gasteiger partial charge in [-0.3, -0.25) is 4.79 Å². The largest absolute Gasteiger partial charge is 0.480 e. The predicted octanol–water partition coefficient (Wildman–Crippen LogP) is -1.35. The van der Waals surface area contributed by atoms with Crippen LogP contribution in [0.3, 0.4) is 0 Å². The fourth-order valence-corrected chi connectivity index (χ4v) is 1.94. The molecule has 0 aliphatic carbocycles. The zero-order chi connectivity index (χ0) is 14.4. The smallest absolute Gasteiger partial charge is 0.329 e. The third-order valence-electron chi connectivity index (χ3n) is 2.81. The number of carbonyl (C=O) groups excluding carboxylic acids is 1. The van der Waals surface area contributed by atoms with Crippen molar-refractivity contribution in [2.24, 2.45) is 0 Å². The van der Waals surface area contributed by atoms with Gasteiger partial charge in [-0.2, -0.15) is 15.0 Å². The van der Waals surface area contributed by atoms with Gasteiger partial charge in [-0.15, -0.1) is 0 Å². The third-order valence-corrected chi connectivity index (χ3v) is 2.81. The van der Waals surface area contributed by atoms with E-state index in [2.05, 4.69) is 15.5 Å². The van der Waals surface area contributed by atoms with Gasteiger partial charge in [0.05, 0.1) is 31.1 Å². The van der Waals surface area contributed by atoms with Crippen LogP contribution in [0.5, 0.6) is 0 Å². The monoisotopic (exact) mass is 284 g/mol. The highest BCUT2D eigenvalue weighted by atomic mass is 16.5. The minimum atomic E-state index is -1.04. The summed E-state index contributed by atoms with van der Waals surface area (Å²) in [6.07, 6.45) is 3.14. The number of nitrogens with one attached hydrogen (secondary N) is 1. The van der Waals surface area contributed by atoms with Gasteiger partial charge in [0.1, 0.15) is 13.2 Å². The van der Waals surface area contributed by atoms with E-state index >= 15 is 0 Å². The number of carboxylic acid groups (broad SMARTS) is 1. The molecule has 1 aromatic heterocycles. The third kappa shape index (κ3) is 4.28. The van der Waals surface area contributed by atoms with E-state index in [0.29, 0.717) is 19.6 Å². The van der Waals surface area contributed by atoms with Crippen molar-refractivity contribution in [3.63, 3.8) is 0 Å². The molecule has 20 heavy (non-hydrogen) atoms. The predicted molar refractivity (Wildman–Crippen MR) is 64.8 cm³/mol. The number of hydrogen-bond acceptors (Lipinski definition) is 6. The fraction of sp³-hybridized carbons (Fsp3) is 0.636. The minimum absolute atomic E-state index is 0.00481. The number of aromatic nitrogens is 3. The zero-order valence-electron chi connectivity index (χ0n) is 10.8. The summed E-state index contributed by atoms with van der Waals surface area (Å²) in [5, 5.41) is 19.0. The number of rotatable bonds is 6. The molecule has 1 aliphatic heterocycles. The topological polar surface area (TPSA) is 116 Å². The van der Waals surface area contributed by atoms with Crippen molar-refractivity contribution in [1.29, 1.82) is 0 Å². The molecule has 0 spiro atoms. The summed E-state index contributed by atoms with van der Waals surface area (Å²) >= 11 is 0. The Balaban J connectivity index is 1.84. The van der Waals surface area contributed by atoms with Crippen LogP contribution in [0.2, 0.25) is 0 Å². The average Bonchev–Trinajstić information content (AvgIpc) is 2.90. The Labute approximate surface area is 114 Å². The Morgan fingerprint density at radius 2 is 2.20 bits per heavy atom. The van der Waals surface area contributed by atoms with Crippen molar-refractivity contribution in [2.45, 2.75) is 25.1 Å². The minimum Gasteiger partial charge on any atom is -0.480 e. The normalized spacial score (nSPS) is 22.4. The van der Waals surface area contributed by atoms with Crippen LogP contribution in [0.1, 0.15) is 6.42 Å². The van der Waals surface area contributed by atoms with E-state index in [1.807, 2.05) is 0 Å². The molecule has 9 nitrogen and oxygen atoms in total. The molecule has 2 rings (SSSR count). The van der Waals surface area contributed by atoms with Crippen LogP contribution in [0.4, 0.5) is 0 Å². The molecule has 1 saturated heterocycles. The summed E-state index contributed by atoms with van der Waals surface area (Å²) in [6, 6.07) is -0.369. The molecule has 2 atom stereocenters. The van der Waals surface area contributed by atoms with Crippen molar-refractivity contribution in [3.05, 3.63) is 12.4 Å². The maximum Gasteiger partial charge on any atom is 0.329 e. The summed E-state index contributed by atoms with van der Waals surface area (Å²) in [5.74, 6) is -1.32. The second-order valence-corrected chi connectivity index (χ2v) is 4.34. The van der Waals surface area contributed by atoms with Gasteiger partial charge >= 0.3 is 5.97 Å². The number of amides is 1. The van der Waals surface area contributed by atoms with Crippen LogP contribution in [0, 0.1) is 0 Å². The van der Waals surface area contributed by atoms with Crippen molar-refractivity contribution < 1.29 is 24.2 Å². The molecule has 0 bridgehead atoms. The lowest BCUT2D eigenvalue weighted by Crippen LogP contribution is -2.51. The van der Waals surface area contributed by atoms with Crippen LogP contribution in [0.15, 0.2) is 12.4 Å². The molecule has 0 aromatic carbocycles. The second kappa shape index (κ2) is 6.96. The van der Waals surface area contributed by atoms with Crippen LogP contribution >= 0.6 is 0 Å². The Hall–Kier alpha value is -2.00.